The molecule has 2 aromatic carbocycles. The van der Waals surface area contributed by atoms with E-state index in [0.717, 1.165) is 10.0 Å². The first-order chi connectivity index (χ1) is 14.4. The molecule has 1 saturated heterocycles. The maximum Gasteiger partial charge on any atom is 0.253 e. The lowest BCUT2D eigenvalue weighted by atomic mass is 10.0. The van der Waals surface area contributed by atoms with Gasteiger partial charge < -0.3 is 10.2 Å². The van der Waals surface area contributed by atoms with Crippen LogP contribution in [0.15, 0.2) is 59.1 Å². The fraction of sp³-hybridized carbons (Fsp3) is 0.409. The highest BCUT2D eigenvalue weighted by Gasteiger charge is 2.26. The van der Waals surface area contributed by atoms with Crippen LogP contribution in [-0.4, -0.2) is 68.6 Å². The summed E-state index contributed by atoms with van der Waals surface area (Å²) in [5, 5.41) is 3.17. The highest BCUT2D eigenvalue weighted by atomic mass is 79.9. The summed E-state index contributed by atoms with van der Waals surface area (Å²) in [5.74, 6) is -0.134. The van der Waals surface area contributed by atoms with Crippen molar-refractivity contribution in [1.82, 2.24) is 14.5 Å². The first kappa shape index (κ1) is 22.9. The summed E-state index contributed by atoms with van der Waals surface area (Å²) in [6.07, 6.45) is 0. The number of benzene rings is 2. The Balaban J connectivity index is 1.76. The Hall–Kier alpha value is -1.74. The summed E-state index contributed by atoms with van der Waals surface area (Å²) in [6.45, 7) is 4.95. The fourth-order valence-corrected chi connectivity index (χ4v) is 5.26. The van der Waals surface area contributed by atoms with E-state index < -0.39 is 10.0 Å². The molecule has 1 fully saturated rings. The Morgan fingerprint density at radius 3 is 2.37 bits per heavy atom. The van der Waals surface area contributed by atoms with E-state index in [1.807, 2.05) is 42.5 Å². The van der Waals surface area contributed by atoms with Crippen molar-refractivity contribution in [3.8, 4) is 0 Å². The van der Waals surface area contributed by atoms with Gasteiger partial charge in [0.1, 0.15) is 0 Å². The van der Waals surface area contributed by atoms with Gasteiger partial charge in [-0.25, -0.2) is 8.42 Å². The largest absolute Gasteiger partial charge is 0.337 e. The van der Waals surface area contributed by atoms with Gasteiger partial charge in [-0.3, -0.25) is 4.79 Å². The first-order valence-electron chi connectivity index (χ1n) is 10.1. The molecular formula is C22H28BrN3O3S. The zero-order valence-electron chi connectivity index (χ0n) is 17.1. The lowest BCUT2D eigenvalue weighted by Crippen LogP contribution is -2.48. The SMILES string of the molecule is C[C@H](CN(CCS(=O)(=O)N1CCNCC1)C(=O)c1ccc(Br)cc1)c1ccccc1. The molecule has 1 atom stereocenters. The normalized spacial score (nSPS) is 16.2. The molecule has 1 aliphatic rings. The van der Waals surface area contributed by atoms with Crippen molar-refractivity contribution in [3.05, 3.63) is 70.2 Å². The number of carbonyl (C=O) groups is 1. The molecule has 0 radical (unpaired) electrons. The number of amides is 1. The van der Waals surface area contributed by atoms with Crippen LogP contribution in [0.5, 0.6) is 0 Å². The molecule has 0 saturated carbocycles. The number of hydrogen-bond donors (Lipinski definition) is 1. The predicted molar refractivity (Wildman–Crippen MR) is 123 cm³/mol. The van der Waals surface area contributed by atoms with Crippen LogP contribution in [0.4, 0.5) is 0 Å². The van der Waals surface area contributed by atoms with Crippen LogP contribution in [0.25, 0.3) is 0 Å². The predicted octanol–water partition coefficient (Wildman–Crippen LogP) is 2.93. The Bertz CT molecular complexity index is 930. The molecule has 1 amide bonds. The van der Waals surface area contributed by atoms with Gasteiger partial charge in [-0.05, 0) is 35.7 Å². The van der Waals surface area contributed by atoms with Gasteiger partial charge in [-0.1, -0.05) is 53.2 Å². The maximum absolute atomic E-state index is 13.2. The third-order valence-corrected chi connectivity index (χ3v) is 7.71. The lowest BCUT2D eigenvalue weighted by molar-refractivity contribution is 0.0757. The van der Waals surface area contributed by atoms with Gasteiger partial charge in [0.15, 0.2) is 0 Å². The van der Waals surface area contributed by atoms with Gasteiger partial charge in [0.25, 0.3) is 5.91 Å². The minimum Gasteiger partial charge on any atom is -0.337 e. The van der Waals surface area contributed by atoms with Crippen LogP contribution in [-0.2, 0) is 10.0 Å². The van der Waals surface area contributed by atoms with E-state index in [-0.39, 0.29) is 24.1 Å². The van der Waals surface area contributed by atoms with E-state index in [1.54, 1.807) is 17.0 Å². The molecule has 1 heterocycles. The minimum absolute atomic E-state index is 0.0726. The summed E-state index contributed by atoms with van der Waals surface area (Å²) in [4.78, 5) is 14.9. The Morgan fingerprint density at radius 2 is 1.73 bits per heavy atom. The van der Waals surface area contributed by atoms with Gasteiger partial charge in [-0.2, -0.15) is 4.31 Å². The van der Waals surface area contributed by atoms with Gasteiger partial charge in [0.2, 0.25) is 10.0 Å². The van der Waals surface area contributed by atoms with Crippen molar-refractivity contribution in [2.75, 3.05) is 45.0 Å². The molecule has 30 heavy (non-hydrogen) atoms. The zero-order chi connectivity index (χ0) is 21.6. The summed E-state index contributed by atoms with van der Waals surface area (Å²) in [6, 6.07) is 17.1. The standard InChI is InChI=1S/C22H28BrN3O3S/c1-18(19-5-3-2-4-6-19)17-25(22(27)20-7-9-21(23)10-8-20)15-16-30(28,29)26-13-11-24-12-14-26/h2-10,18,24H,11-17H2,1H3/t18-/m1/s1. The van der Waals surface area contributed by atoms with Gasteiger partial charge >= 0.3 is 0 Å². The van der Waals surface area contributed by atoms with Crippen molar-refractivity contribution >= 4 is 31.9 Å². The summed E-state index contributed by atoms with van der Waals surface area (Å²) < 4.78 is 28.0. The van der Waals surface area contributed by atoms with Gasteiger partial charge in [0.05, 0.1) is 5.75 Å². The number of carbonyl (C=O) groups excluding carboxylic acids is 1. The summed E-state index contributed by atoms with van der Waals surface area (Å²) >= 11 is 3.39. The Kier molecular flexibility index (Phi) is 8.05. The van der Waals surface area contributed by atoms with E-state index in [2.05, 4.69) is 28.2 Å². The van der Waals surface area contributed by atoms with E-state index in [0.29, 0.717) is 38.3 Å². The molecule has 1 N–H and O–H groups in total. The quantitative estimate of drug-likeness (QED) is 0.613. The second-order valence-electron chi connectivity index (χ2n) is 7.53. The number of hydrogen-bond acceptors (Lipinski definition) is 4. The molecule has 6 nitrogen and oxygen atoms in total. The van der Waals surface area contributed by atoms with Crippen molar-refractivity contribution in [1.29, 1.82) is 0 Å². The van der Waals surface area contributed by atoms with Crippen molar-refractivity contribution in [2.24, 2.45) is 0 Å². The highest BCUT2D eigenvalue weighted by Crippen LogP contribution is 2.19. The number of piperazine rings is 1. The molecule has 0 aliphatic carbocycles. The van der Waals surface area contributed by atoms with Crippen LogP contribution < -0.4 is 5.32 Å². The molecule has 2 aromatic rings. The number of rotatable bonds is 8. The summed E-state index contributed by atoms with van der Waals surface area (Å²) in [7, 11) is -3.41. The third kappa shape index (κ3) is 6.14. The van der Waals surface area contributed by atoms with Crippen LogP contribution in [0, 0.1) is 0 Å². The number of sulfonamides is 1. The highest BCUT2D eigenvalue weighted by molar-refractivity contribution is 9.10. The molecular weight excluding hydrogens is 466 g/mol. The van der Waals surface area contributed by atoms with Crippen LogP contribution in [0.3, 0.4) is 0 Å². The number of nitrogens with one attached hydrogen (secondary N) is 1. The smallest absolute Gasteiger partial charge is 0.253 e. The van der Waals surface area contributed by atoms with Crippen molar-refractivity contribution in [2.45, 2.75) is 12.8 Å². The molecule has 3 rings (SSSR count). The molecule has 1 aliphatic heterocycles. The maximum atomic E-state index is 13.2. The van der Waals surface area contributed by atoms with Gasteiger partial charge in [0, 0.05) is 49.3 Å². The molecule has 0 bridgehead atoms. The van der Waals surface area contributed by atoms with Crippen LogP contribution >= 0.6 is 15.9 Å². The summed E-state index contributed by atoms with van der Waals surface area (Å²) in [5.41, 5.74) is 1.68. The van der Waals surface area contributed by atoms with E-state index >= 15 is 0 Å². The topological polar surface area (TPSA) is 69.7 Å². The van der Waals surface area contributed by atoms with Gasteiger partial charge in [-0.15, -0.1) is 0 Å². The number of nitrogens with zero attached hydrogens (tertiary/aromatic N) is 2. The molecule has 8 heteroatoms. The monoisotopic (exact) mass is 493 g/mol. The van der Waals surface area contributed by atoms with E-state index in [4.69, 9.17) is 0 Å². The van der Waals surface area contributed by atoms with Crippen molar-refractivity contribution < 1.29 is 13.2 Å². The average Bonchev–Trinajstić information content (AvgIpc) is 2.77. The zero-order valence-corrected chi connectivity index (χ0v) is 19.5. The second kappa shape index (κ2) is 10.5. The average molecular weight is 494 g/mol. The third-order valence-electron chi connectivity index (χ3n) is 5.33. The fourth-order valence-electron chi connectivity index (χ4n) is 3.55. The molecule has 0 aromatic heterocycles. The Morgan fingerprint density at radius 1 is 1.10 bits per heavy atom. The van der Waals surface area contributed by atoms with Crippen LogP contribution in [0.2, 0.25) is 0 Å². The number of halogens is 1. The Labute approximate surface area is 187 Å². The first-order valence-corrected chi connectivity index (χ1v) is 12.6. The van der Waals surface area contributed by atoms with E-state index in [1.165, 1.54) is 4.31 Å². The lowest BCUT2D eigenvalue weighted by Gasteiger charge is -2.30. The molecule has 0 unspecified atom stereocenters. The molecule has 0 spiro atoms. The minimum atomic E-state index is -3.41. The molecule has 162 valence electrons. The van der Waals surface area contributed by atoms with Crippen molar-refractivity contribution in [3.63, 3.8) is 0 Å². The van der Waals surface area contributed by atoms with E-state index in [9.17, 15) is 13.2 Å². The second-order valence-corrected chi connectivity index (χ2v) is 10.5. The van der Waals surface area contributed by atoms with Crippen LogP contribution in [0.1, 0.15) is 28.8 Å².